The van der Waals surface area contributed by atoms with Gasteiger partial charge >= 0.3 is 0 Å². The van der Waals surface area contributed by atoms with Crippen LogP contribution in [0.5, 0.6) is 0 Å². The van der Waals surface area contributed by atoms with E-state index in [1.54, 1.807) is 30.5 Å². The number of carbonyl (C=O) groups excluding carboxylic acids is 2. The summed E-state index contributed by atoms with van der Waals surface area (Å²) in [5.74, 6) is -0.454. The highest BCUT2D eigenvalue weighted by Gasteiger charge is 2.27. The molecule has 2 aromatic rings. The van der Waals surface area contributed by atoms with E-state index in [4.69, 9.17) is 0 Å². The molecule has 0 spiro atoms. The Morgan fingerprint density at radius 1 is 1.04 bits per heavy atom. The number of hydrogen-bond donors (Lipinski definition) is 0. The third kappa shape index (κ3) is 3.44. The first kappa shape index (κ1) is 15.3. The second-order valence-electron chi connectivity index (χ2n) is 5.57. The lowest BCUT2D eigenvalue weighted by molar-refractivity contribution is -0.138. The Kier molecular flexibility index (Phi) is 4.46. The molecule has 1 aliphatic heterocycles. The molecule has 0 bridgehead atoms. The maximum absolute atomic E-state index is 13.7. The fraction of sp³-hybridized carbons (Fsp3) is 0.278. The van der Waals surface area contributed by atoms with Crippen LogP contribution in [0.4, 0.5) is 4.39 Å². The number of likely N-dealkylation sites (tertiary alicyclic amines) is 1. The number of halogens is 1. The van der Waals surface area contributed by atoms with Crippen LogP contribution in [-0.4, -0.2) is 28.2 Å². The van der Waals surface area contributed by atoms with Gasteiger partial charge in [0.05, 0.1) is 5.69 Å². The lowest BCUT2D eigenvalue weighted by Gasteiger charge is -2.13. The Bertz CT molecular complexity index is 712. The van der Waals surface area contributed by atoms with Gasteiger partial charge < -0.3 is 0 Å². The van der Waals surface area contributed by atoms with Gasteiger partial charge in [-0.15, -0.1) is 0 Å². The molecule has 2 amide bonds. The van der Waals surface area contributed by atoms with Crippen LogP contribution in [0.15, 0.2) is 42.6 Å². The highest BCUT2D eigenvalue weighted by Crippen LogP contribution is 2.20. The number of nitrogens with zero attached hydrogens (tertiary/aromatic N) is 2. The average molecular weight is 312 g/mol. The molecule has 2 heterocycles. The fourth-order valence-corrected chi connectivity index (χ4v) is 2.71. The summed E-state index contributed by atoms with van der Waals surface area (Å²) in [7, 11) is 0. The molecular formula is C18H17FN2O2. The number of amides is 2. The molecule has 5 heteroatoms. The van der Waals surface area contributed by atoms with Gasteiger partial charge in [-0.3, -0.25) is 19.5 Å². The number of aromatic nitrogens is 1. The third-order valence-electron chi connectivity index (χ3n) is 3.98. The number of aryl methyl sites for hydroxylation is 1. The lowest BCUT2D eigenvalue weighted by Crippen LogP contribution is -2.30. The molecule has 4 nitrogen and oxygen atoms in total. The van der Waals surface area contributed by atoms with Crippen molar-refractivity contribution in [2.45, 2.75) is 25.7 Å². The molecule has 0 saturated carbocycles. The molecular weight excluding hydrogens is 295 g/mol. The van der Waals surface area contributed by atoms with E-state index in [-0.39, 0.29) is 17.6 Å². The molecule has 0 aliphatic carbocycles. The zero-order chi connectivity index (χ0) is 16.2. The van der Waals surface area contributed by atoms with Gasteiger partial charge in [0, 0.05) is 31.1 Å². The molecule has 1 aromatic carbocycles. The van der Waals surface area contributed by atoms with E-state index in [1.165, 1.54) is 11.0 Å². The average Bonchev–Trinajstić information content (AvgIpc) is 2.88. The van der Waals surface area contributed by atoms with Crippen molar-refractivity contribution >= 4 is 11.8 Å². The second kappa shape index (κ2) is 6.69. The van der Waals surface area contributed by atoms with Crippen LogP contribution < -0.4 is 0 Å². The van der Waals surface area contributed by atoms with E-state index in [0.717, 1.165) is 12.0 Å². The van der Waals surface area contributed by atoms with Crippen LogP contribution in [0.25, 0.3) is 11.3 Å². The monoisotopic (exact) mass is 312 g/mol. The van der Waals surface area contributed by atoms with Crippen molar-refractivity contribution in [2.24, 2.45) is 0 Å². The van der Waals surface area contributed by atoms with Gasteiger partial charge in [-0.25, -0.2) is 4.39 Å². The Morgan fingerprint density at radius 2 is 1.78 bits per heavy atom. The summed E-state index contributed by atoms with van der Waals surface area (Å²) < 4.78 is 13.7. The molecule has 1 aromatic heterocycles. The number of benzene rings is 1. The molecule has 1 saturated heterocycles. The van der Waals surface area contributed by atoms with Gasteiger partial charge in [0.1, 0.15) is 5.82 Å². The summed E-state index contributed by atoms with van der Waals surface area (Å²) in [4.78, 5) is 28.7. The summed E-state index contributed by atoms with van der Waals surface area (Å²) in [6.07, 6.45) is 3.81. The molecule has 118 valence electrons. The minimum absolute atomic E-state index is 0.0805. The third-order valence-corrected chi connectivity index (χ3v) is 3.98. The molecule has 1 aliphatic rings. The van der Waals surface area contributed by atoms with Crippen molar-refractivity contribution < 1.29 is 14.0 Å². The molecule has 0 unspecified atom stereocenters. The first-order chi connectivity index (χ1) is 11.1. The van der Waals surface area contributed by atoms with E-state index in [0.29, 0.717) is 37.1 Å². The first-order valence-corrected chi connectivity index (χ1v) is 7.68. The quantitative estimate of drug-likeness (QED) is 0.798. The highest BCUT2D eigenvalue weighted by atomic mass is 19.1. The number of carbonyl (C=O) groups is 2. The van der Waals surface area contributed by atoms with Gasteiger partial charge in [-0.05, 0) is 36.6 Å². The number of rotatable bonds is 5. The van der Waals surface area contributed by atoms with Crippen molar-refractivity contribution in [1.29, 1.82) is 0 Å². The molecule has 0 radical (unpaired) electrons. The predicted molar refractivity (Wildman–Crippen MR) is 83.9 cm³/mol. The van der Waals surface area contributed by atoms with E-state index in [1.807, 2.05) is 6.07 Å². The van der Waals surface area contributed by atoms with Crippen LogP contribution >= 0.6 is 0 Å². The fourth-order valence-electron chi connectivity index (χ4n) is 2.71. The van der Waals surface area contributed by atoms with E-state index in [2.05, 4.69) is 4.98 Å². The van der Waals surface area contributed by atoms with Gasteiger partial charge in [-0.1, -0.05) is 18.2 Å². The smallest absolute Gasteiger partial charge is 0.229 e. The molecule has 0 atom stereocenters. The molecule has 23 heavy (non-hydrogen) atoms. The number of pyridine rings is 1. The second-order valence-corrected chi connectivity index (χ2v) is 5.57. The van der Waals surface area contributed by atoms with Gasteiger partial charge in [-0.2, -0.15) is 0 Å². The Balaban J connectivity index is 1.59. The maximum Gasteiger partial charge on any atom is 0.229 e. The van der Waals surface area contributed by atoms with E-state index < -0.39 is 0 Å². The van der Waals surface area contributed by atoms with Crippen molar-refractivity contribution in [2.75, 3.05) is 6.54 Å². The topological polar surface area (TPSA) is 50.3 Å². The van der Waals surface area contributed by atoms with Gasteiger partial charge in [0.2, 0.25) is 11.8 Å². The zero-order valence-corrected chi connectivity index (χ0v) is 12.7. The minimum atomic E-state index is -0.293. The summed E-state index contributed by atoms with van der Waals surface area (Å²) in [6.45, 7) is 0.451. The van der Waals surface area contributed by atoms with Crippen LogP contribution in [-0.2, 0) is 16.0 Å². The molecule has 3 rings (SSSR count). The van der Waals surface area contributed by atoms with Crippen molar-refractivity contribution in [1.82, 2.24) is 9.88 Å². The Labute approximate surface area is 134 Å². The van der Waals surface area contributed by atoms with Crippen LogP contribution in [0.3, 0.4) is 0 Å². The Morgan fingerprint density at radius 3 is 2.43 bits per heavy atom. The summed E-state index contributed by atoms with van der Waals surface area (Å²) in [6, 6.07) is 10.2. The standard InChI is InChI=1S/C18H17FN2O2/c19-15-6-2-1-5-14(15)16-8-7-13(12-20-16)4-3-11-21-17(22)9-10-18(21)23/h1-2,5-8,12H,3-4,9-11H2. The van der Waals surface area contributed by atoms with Gasteiger partial charge in [0.25, 0.3) is 0 Å². The summed E-state index contributed by atoms with van der Waals surface area (Å²) in [5, 5.41) is 0. The van der Waals surface area contributed by atoms with Crippen LogP contribution in [0.2, 0.25) is 0 Å². The van der Waals surface area contributed by atoms with Crippen LogP contribution in [0.1, 0.15) is 24.8 Å². The molecule has 0 N–H and O–H groups in total. The predicted octanol–water partition coefficient (Wildman–Crippen LogP) is 2.97. The SMILES string of the molecule is O=C1CCC(=O)N1CCCc1ccc(-c2ccccc2F)nc1. The van der Waals surface area contributed by atoms with E-state index in [9.17, 15) is 14.0 Å². The maximum atomic E-state index is 13.7. The number of imide groups is 1. The summed E-state index contributed by atoms with van der Waals surface area (Å²) >= 11 is 0. The van der Waals surface area contributed by atoms with Gasteiger partial charge in [0.15, 0.2) is 0 Å². The van der Waals surface area contributed by atoms with Crippen molar-refractivity contribution in [3.05, 3.63) is 54.0 Å². The molecule has 1 fully saturated rings. The van der Waals surface area contributed by atoms with Crippen molar-refractivity contribution in [3.63, 3.8) is 0 Å². The zero-order valence-electron chi connectivity index (χ0n) is 12.7. The first-order valence-electron chi connectivity index (χ1n) is 7.68. The summed E-state index contributed by atoms with van der Waals surface area (Å²) in [5.41, 5.74) is 2.08. The minimum Gasteiger partial charge on any atom is -0.283 e. The normalized spacial score (nSPS) is 14.6. The highest BCUT2D eigenvalue weighted by molar-refractivity contribution is 6.01. The lowest BCUT2D eigenvalue weighted by atomic mass is 10.1. The Hall–Kier alpha value is -2.56. The largest absolute Gasteiger partial charge is 0.283 e. The van der Waals surface area contributed by atoms with Crippen LogP contribution in [0, 0.1) is 5.82 Å². The van der Waals surface area contributed by atoms with Crippen molar-refractivity contribution in [3.8, 4) is 11.3 Å². The van der Waals surface area contributed by atoms with E-state index >= 15 is 0 Å². The number of hydrogen-bond acceptors (Lipinski definition) is 3.